The SMILES string of the molecule is COCCc1nsc(N2CCCC(NC(=O)c3cnccn3)C2)n1. The first-order valence-electron chi connectivity index (χ1n) is 7.89. The molecule has 8 nitrogen and oxygen atoms in total. The molecule has 128 valence electrons. The van der Waals surface area contributed by atoms with Crippen LogP contribution in [-0.2, 0) is 11.2 Å². The second-order valence-corrected chi connectivity index (χ2v) is 6.32. The number of aromatic nitrogens is 4. The van der Waals surface area contributed by atoms with Crippen LogP contribution in [0, 0.1) is 0 Å². The minimum absolute atomic E-state index is 0.0691. The molecule has 1 fully saturated rings. The zero-order valence-corrected chi connectivity index (χ0v) is 14.3. The second kappa shape index (κ2) is 8.11. The molecule has 1 atom stereocenters. The van der Waals surface area contributed by atoms with Gasteiger partial charge in [-0.25, -0.2) is 9.97 Å². The fourth-order valence-corrected chi connectivity index (χ4v) is 3.36. The van der Waals surface area contributed by atoms with E-state index in [0.717, 1.165) is 36.9 Å². The van der Waals surface area contributed by atoms with Crippen LogP contribution in [0.25, 0.3) is 0 Å². The molecular weight excluding hydrogens is 328 g/mol. The Morgan fingerprint density at radius 1 is 1.50 bits per heavy atom. The number of hydrogen-bond acceptors (Lipinski definition) is 8. The maximum Gasteiger partial charge on any atom is 0.271 e. The van der Waals surface area contributed by atoms with Crippen molar-refractivity contribution in [2.75, 3.05) is 31.7 Å². The van der Waals surface area contributed by atoms with Crippen LogP contribution in [-0.4, -0.2) is 58.1 Å². The molecule has 24 heavy (non-hydrogen) atoms. The summed E-state index contributed by atoms with van der Waals surface area (Å²) in [5.74, 6) is 0.621. The highest BCUT2D eigenvalue weighted by atomic mass is 32.1. The molecule has 1 saturated heterocycles. The molecule has 2 aromatic heterocycles. The van der Waals surface area contributed by atoms with Gasteiger partial charge in [-0.3, -0.25) is 9.78 Å². The minimum atomic E-state index is -0.187. The van der Waals surface area contributed by atoms with E-state index < -0.39 is 0 Å². The summed E-state index contributed by atoms with van der Waals surface area (Å²) in [7, 11) is 1.67. The highest BCUT2D eigenvalue weighted by molar-refractivity contribution is 7.09. The number of amides is 1. The molecule has 2 aromatic rings. The Hall–Kier alpha value is -2.13. The highest BCUT2D eigenvalue weighted by Crippen LogP contribution is 2.22. The summed E-state index contributed by atoms with van der Waals surface area (Å²) in [5.41, 5.74) is 0.340. The van der Waals surface area contributed by atoms with E-state index in [9.17, 15) is 4.79 Å². The summed E-state index contributed by atoms with van der Waals surface area (Å²) in [4.78, 5) is 26.9. The number of rotatable bonds is 6. The van der Waals surface area contributed by atoms with Crippen molar-refractivity contribution in [3.05, 3.63) is 30.1 Å². The van der Waals surface area contributed by atoms with E-state index in [-0.39, 0.29) is 11.9 Å². The van der Waals surface area contributed by atoms with Gasteiger partial charge < -0.3 is 15.0 Å². The zero-order valence-electron chi connectivity index (χ0n) is 13.5. The van der Waals surface area contributed by atoms with Crippen molar-refractivity contribution < 1.29 is 9.53 Å². The van der Waals surface area contributed by atoms with Gasteiger partial charge in [0.15, 0.2) is 0 Å². The molecule has 1 aliphatic rings. The summed E-state index contributed by atoms with van der Waals surface area (Å²) < 4.78 is 9.42. The Balaban J connectivity index is 1.58. The molecule has 0 bridgehead atoms. The Morgan fingerprint density at radius 2 is 2.42 bits per heavy atom. The molecular formula is C15H20N6O2S. The van der Waals surface area contributed by atoms with E-state index in [4.69, 9.17) is 4.74 Å². The lowest BCUT2D eigenvalue weighted by atomic mass is 10.1. The Labute approximate surface area is 144 Å². The number of nitrogens with one attached hydrogen (secondary N) is 1. The smallest absolute Gasteiger partial charge is 0.271 e. The van der Waals surface area contributed by atoms with Crippen LogP contribution in [0.2, 0.25) is 0 Å². The first-order valence-corrected chi connectivity index (χ1v) is 8.67. The Morgan fingerprint density at radius 3 is 3.21 bits per heavy atom. The van der Waals surface area contributed by atoms with Gasteiger partial charge in [0.25, 0.3) is 5.91 Å². The summed E-state index contributed by atoms with van der Waals surface area (Å²) in [6.07, 6.45) is 7.20. The van der Waals surface area contributed by atoms with Crippen LogP contribution >= 0.6 is 11.5 Å². The van der Waals surface area contributed by atoms with Crippen molar-refractivity contribution in [3.8, 4) is 0 Å². The predicted molar refractivity (Wildman–Crippen MR) is 90.2 cm³/mol. The first kappa shape index (κ1) is 16.7. The van der Waals surface area contributed by atoms with Crippen LogP contribution in [0.5, 0.6) is 0 Å². The summed E-state index contributed by atoms with van der Waals surface area (Å²) in [6.45, 7) is 2.27. The standard InChI is InChI=1S/C15H20N6O2S/c1-23-8-4-13-19-15(24-20-13)21-7-2-3-11(10-21)18-14(22)12-9-16-5-6-17-12/h5-6,9,11H,2-4,7-8,10H2,1H3,(H,18,22). The highest BCUT2D eigenvalue weighted by Gasteiger charge is 2.24. The van der Waals surface area contributed by atoms with Gasteiger partial charge >= 0.3 is 0 Å². The van der Waals surface area contributed by atoms with Gasteiger partial charge in [-0.2, -0.15) is 4.37 Å². The van der Waals surface area contributed by atoms with Crippen molar-refractivity contribution in [1.29, 1.82) is 0 Å². The van der Waals surface area contributed by atoms with Gasteiger partial charge in [0, 0.05) is 56.6 Å². The van der Waals surface area contributed by atoms with E-state index in [1.54, 1.807) is 13.3 Å². The second-order valence-electron chi connectivity index (χ2n) is 5.59. The Kier molecular flexibility index (Phi) is 5.65. The molecule has 1 aliphatic heterocycles. The van der Waals surface area contributed by atoms with Crippen molar-refractivity contribution >= 4 is 22.6 Å². The predicted octanol–water partition coefficient (Wildman–Crippen LogP) is 0.916. The lowest BCUT2D eigenvalue weighted by Crippen LogP contribution is -2.48. The average Bonchev–Trinajstić information content (AvgIpc) is 3.10. The number of carbonyl (C=O) groups excluding carboxylic acids is 1. The monoisotopic (exact) mass is 348 g/mol. The number of piperidine rings is 1. The summed E-state index contributed by atoms with van der Waals surface area (Å²) in [5, 5.41) is 3.93. The molecule has 0 spiro atoms. The molecule has 1 amide bonds. The van der Waals surface area contributed by atoms with Crippen LogP contribution < -0.4 is 10.2 Å². The van der Waals surface area contributed by atoms with Gasteiger partial charge in [-0.1, -0.05) is 0 Å². The largest absolute Gasteiger partial charge is 0.384 e. The maximum absolute atomic E-state index is 12.2. The van der Waals surface area contributed by atoms with E-state index in [0.29, 0.717) is 18.7 Å². The molecule has 1 N–H and O–H groups in total. The lowest BCUT2D eigenvalue weighted by Gasteiger charge is -2.32. The van der Waals surface area contributed by atoms with E-state index in [1.165, 1.54) is 23.9 Å². The van der Waals surface area contributed by atoms with E-state index in [2.05, 4.69) is 29.5 Å². The number of hydrogen-bond donors (Lipinski definition) is 1. The third-order valence-corrected chi connectivity index (χ3v) is 4.62. The van der Waals surface area contributed by atoms with Gasteiger partial charge in [0.1, 0.15) is 11.5 Å². The van der Waals surface area contributed by atoms with Crippen LogP contribution in [0.1, 0.15) is 29.2 Å². The third kappa shape index (κ3) is 4.24. The topological polar surface area (TPSA) is 93.1 Å². The fraction of sp³-hybridized carbons (Fsp3) is 0.533. The summed E-state index contributed by atoms with van der Waals surface area (Å²) in [6, 6.07) is 0.0691. The van der Waals surface area contributed by atoms with Crippen molar-refractivity contribution in [2.24, 2.45) is 0 Å². The zero-order chi connectivity index (χ0) is 16.8. The maximum atomic E-state index is 12.2. The Bertz CT molecular complexity index is 665. The van der Waals surface area contributed by atoms with E-state index in [1.807, 2.05) is 0 Å². The molecule has 9 heteroatoms. The van der Waals surface area contributed by atoms with Crippen molar-refractivity contribution in [1.82, 2.24) is 24.6 Å². The average molecular weight is 348 g/mol. The fourth-order valence-electron chi connectivity index (χ4n) is 2.61. The van der Waals surface area contributed by atoms with E-state index >= 15 is 0 Å². The van der Waals surface area contributed by atoms with Gasteiger partial charge in [0.05, 0.1) is 12.8 Å². The van der Waals surface area contributed by atoms with Gasteiger partial charge in [0.2, 0.25) is 5.13 Å². The molecule has 0 aliphatic carbocycles. The van der Waals surface area contributed by atoms with Crippen LogP contribution in [0.4, 0.5) is 5.13 Å². The van der Waals surface area contributed by atoms with Gasteiger partial charge in [-0.15, -0.1) is 0 Å². The normalized spacial score (nSPS) is 17.7. The van der Waals surface area contributed by atoms with Crippen molar-refractivity contribution in [2.45, 2.75) is 25.3 Å². The summed E-state index contributed by atoms with van der Waals surface area (Å²) >= 11 is 1.40. The lowest BCUT2D eigenvalue weighted by molar-refractivity contribution is 0.0927. The number of carbonyl (C=O) groups is 1. The molecule has 3 heterocycles. The number of nitrogens with zero attached hydrogens (tertiary/aromatic N) is 5. The number of ether oxygens (including phenoxy) is 1. The number of anilines is 1. The molecule has 0 aromatic carbocycles. The third-order valence-electron chi connectivity index (χ3n) is 3.81. The molecule has 3 rings (SSSR count). The molecule has 0 radical (unpaired) electrons. The molecule has 1 unspecified atom stereocenters. The van der Waals surface area contributed by atoms with Crippen molar-refractivity contribution in [3.63, 3.8) is 0 Å². The quantitative estimate of drug-likeness (QED) is 0.829. The minimum Gasteiger partial charge on any atom is -0.384 e. The van der Waals surface area contributed by atoms with Crippen LogP contribution in [0.15, 0.2) is 18.6 Å². The van der Waals surface area contributed by atoms with Gasteiger partial charge in [-0.05, 0) is 12.8 Å². The van der Waals surface area contributed by atoms with Crippen LogP contribution in [0.3, 0.4) is 0 Å². The number of methoxy groups -OCH3 is 1. The first-order chi connectivity index (χ1) is 11.8. The molecule has 0 saturated carbocycles.